The van der Waals surface area contributed by atoms with E-state index in [2.05, 4.69) is 27.3 Å². The molecule has 1 atom stereocenters. The Labute approximate surface area is 144 Å². The van der Waals surface area contributed by atoms with Gasteiger partial charge in [-0.25, -0.2) is 0 Å². The summed E-state index contributed by atoms with van der Waals surface area (Å²) in [5.74, 6) is -0.0944. The zero-order chi connectivity index (χ0) is 17.2. The number of carbonyl (C=O) groups excluding carboxylic acids is 1. The van der Waals surface area contributed by atoms with Crippen LogP contribution in [0.4, 0.5) is 0 Å². The molecule has 24 heavy (non-hydrogen) atoms. The van der Waals surface area contributed by atoms with E-state index >= 15 is 0 Å². The number of hydrogen-bond acceptors (Lipinski definition) is 4. The number of hydrogen-bond donors (Lipinski definition) is 3. The summed E-state index contributed by atoms with van der Waals surface area (Å²) in [7, 11) is 1.65. The molecule has 6 nitrogen and oxygen atoms in total. The molecule has 1 saturated carbocycles. The number of aromatic nitrogens is 2. The predicted octanol–water partition coefficient (Wildman–Crippen LogP) is 1.82. The van der Waals surface area contributed by atoms with Crippen LogP contribution in [0, 0.1) is 0 Å². The van der Waals surface area contributed by atoms with E-state index in [0.717, 1.165) is 63.9 Å². The maximum atomic E-state index is 12.1. The molecule has 2 aliphatic rings. The molecule has 2 heterocycles. The summed E-state index contributed by atoms with van der Waals surface area (Å²) < 4.78 is 0. The van der Waals surface area contributed by atoms with Crippen molar-refractivity contribution >= 4 is 5.91 Å². The molecule has 1 saturated heterocycles. The fourth-order valence-corrected chi connectivity index (χ4v) is 4.52. The van der Waals surface area contributed by atoms with Gasteiger partial charge in [0.05, 0.1) is 23.1 Å². The number of H-pyrrole nitrogens is 1. The first-order valence-corrected chi connectivity index (χ1v) is 9.16. The van der Waals surface area contributed by atoms with Crippen LogP contribution in [0.1, 0.15) is 67.9 Å². The Morgan fingerprint density at radius 2 is 2.08 bits per heavy atom. The number of nitrogens with one attached hydrogen (secondary N) is 2. The molecule has 2 fully saturated rings. The van der Waals surface area contributed by atoms with Crippen LogP contribution in [-0.4, -0.2) is 58.4 Å². The Balaban J connectivity index is 1.74. The summed E-state index contributed by atoms with van der Waals surface area (Å²) in [6.45, 7) is 4.80. The minimum absolute atomic E-state index is 0.0944. The summed E-state index contributed by atoms with van der Waals surface area (Å²) in [4.78, 5) is 14.5. The number of aromatic amines is 1. The first-order valence-electron chi connectivity index (χ1n) is 9.16. The first-order chi connectivity index (χ1) is 11.5. The van der Waals surface area contributed by atoms with E-state index in [1.54, 1.807) is 13.2 Å². The Kier molecular flexibility index (Phi) is 4.97. The molecule has 1 aromatic rings. The number of rotatable bonds is 4. The van der Waals surface area contributed by atoms with Crippen molar-refractivity contribution in [3.63, 3.8) is 0 Å². The maximum absolute atomic E-state index is 12.1. The molecule has 1 aliphatic heterocycles. The predicted molar refractivity (Wildman–Crippen MR) is 93.0 cm³/mol. The number of likely N-dealkylation sites (tertiary alicyclic amines) is 1. The van der Waals surface area contributed by atoms with Gasteiger partial charge in [-0.05, 0) is 32.2 Å². The van der Waals surface area contributed by atoms with E-state index in [1.165, 1.54) is 6.42 Å². The highest BCUT2D eigenvalue weighted by Crippen LogP contribution is 2.36. The van der Waals surface area contributed by atoms with Gasteiger partial charge in [-0.1, -0.05) is 26.2 Å². The molecule has 3 rings (SSSR count). The van der Waals surface area contributed by atoms with Gasteiger partial charge in [-0.2, -0.15) is 5.10 Å². The second-order valence-electron chi connectivity index (χ2n) is 7.90. The molecule has 1 aliphatic carbocycles. The van der Waals surface area contributed by atoms with Crippen LogP contribution < -0.4 is 5.32 Å². The topological polar surface area (TPSA) is 81.2 Å². The highest BCUT2D eigenvalue weighted by Gasteiger charge is 2.40. The van der Waals surface area contributed by atoms with E-state index in [0.29, 0.717) is 5.56 Å². The lowest BCUT2D eigenvalue weighted by atomic mass is 9.76. The lowest BCUT2D eigenvalue weighted by Gasteiger charge is -2.44. The zero-order valence-electron chi connectivity index (χ0n) is 14.9. The van der Waals surface area contributed by atoms with Crippen LogP contribution in [0.5, 0.6) is 0 Å². The molecule has 1 aromatic heterocycles. The molecule has 134 valence electrons. The molecular formula is C18H30N4O2. The molecule has 0 bridgehead atoms. The third kappa shape index (κ3) is 3.49. The minimum Gasteiger partial charge on any atom is -0.389 e. The molecule has 0 unspecified atom stereocenters. The van der Waals surface area contributed by atoms with Gasteiger partial charge in [-0.3, -0.25) is 14.8 Å². The summed E-state index contributed by atoms with van der Waals surface area (Å²) in [5, 5.41) is 20.8. The zero-order valence-corrected chi connectivity index (χ0v) is 14.9. The first kappa shape index (κ1) is 17.4. The lowest BCUT2D eigenvalue weighted by Crippen LogP contribution is -2.52. The molecule has 0 radical (unpaired) electrons. The van der Waals surface area contributed by atoms with Crippen molar-refractivity contribution in [3.8, 4) is 0 Å². The van der Waals surface area contributed by atoms with Crippen molar-refractivity contribution < 1.29 is 9.90 Å². The van der Waals surface area contributed by atoms with Gasteiger partial charge in [0.1, 0.15) is 0 Å². The van der Waals surface area contributed by atoms with E-state index in [4.69, 9.17) is 0 Å². The van der Waals surface area contributed by atoms with Crippen molar-refractivity contribution in [1.29, 1.82) is 0 Å². The molecule has 6 heteroatoms. The van der Waals surface area contributed by atoms with Gasteiger partial charge in [0.15, 0.2) is 0 Å². The Hall–Kier alpha value is -1.40. The van der Waals surface area contributed by atoms with Gasteiger partial charge in [-0.15, -0.1) is 0 Å². The standard InChI is InChI=1S/C18H30N4O2/c1-17(15-14(11-20-21-15)16(23)19-2)7-6-10-22(12-17)13-18(24)8-4-3-5-9-18/h11,24H,3-10,12-13H2,1-2H3,(H,19,23)(H,20,21)/t17-/m1/s1. The second kappa shape index (κ2) is 6.84. The summed E-state index contributed by atoms with van der Waals surface area (Å²) in [5.41, 5.74) is 0.885. The normalized spacial score (nSPS) is 27.8. The van der Waals surface area contributed by atoms with Crippen molar-refractivity contribution in [2.45, 2.75) is 62.9 Å². The van der Waals surface area contributed by atoms with Crippen molar-refractivity contribution in [1.82, 2.24) is 20.4 Å². The molecule has 3 N–H and O–H groups in total. The van der Waals surface area contributed by atoms with Crippen molar-refractivity contribution in [2.24, 2.45) is 0 Å². The van der Waals surface area contributed by atoms with Crippen LogP contribution in [-0.2, 0) is 5.41 Å². The average Bonchev–Trinajstić information content (AvgIpc) is 3.05. The summed E-state index contributed by atoms with van der Waals surface area (Å²) >= 11 is 0. The number of β-amino-alcohol motifs (C(OH)–C–C–N with tert-alkyl or cyclic N) is 1. The van der Waals surface area contributed by atoms with E-state index in [9.17, 15) is 9.90 Å². The highest BCUT2D eigenvalue weighted by atomic mass is 16.3. The van der Waals surface area contributed by atoms with Gasteiger partial charge in [0.25, 0.3) is 5.91 Å². The van der Waals surface area contributed by atoms with E-state index in [1.807, 2.05) is 0 Å². The molecular weight excluding hydrogens is 304 g/mol. The minimum atomic E-state index is -0.534. The number of amides is 1. The van der Waals surface area contributed by atoms with Gasteiger partial charge < -0.3 is 10.4 Å². The largest absolute Gasteiger partial charge is 0.389 e. The van der Waals surface area contributed by atoms with Crippen LogP contribution in [0.2, 0.25) is 0 Å². The average molecular weight is 334 g/mol. The monoisotopic (exact) mass is 334 g/mol. The molecule has 0 spiro atoms. The molecule has 1 amide bonds. The number of nitrogens with zero attached hydrogens (tertiary/aromatic N) is 2. The third-order valence-electron chi connectivity index (χ3n) is 5.79. The summed E-state index contributed by atoms with van der Waals surface area (Å²) in [6.07, 6.45) is 9.02. The number of aliphatic hydroxyl groups is 1. The molecule has 0 aromatic carbocycles. The Morgan fingerprint density at radius 3 is 2.79 bits per heavy atom. The Bertz CT molecular complexity index is 579. The fourth-order valence-electron chi connectivity index (χ4n) is 4.52. The van der Waals surface area contributed by atoms with Crippen LogP contribution in [0.15, 0.2) is 6.20 Å². The third-order valence-corrected chi connectivity index (χ3v) is 5.79. The smallest absolute Gasteiger partial charge is 0.254 e. The highest BCUT2D eigenvalue weighted by molar-refractivity contribution is 5.95. The SMILES string of the molecule is CNC(=O)c1cn[nH]c1[C@]1(C)CCCN(CC2(O)CCCCC2)C1. The number of piperidine rings is 1. The Morgan fingerprint density at radius 1 is 1.33 bits per heavy atom. The lowest BCUT2D eigenvalue weighted by molar-refractivity contribution is -0.0363. The maximum Gasteiger partial charge on any atom is 0.254 e. The van der Waals surface area contributed by atoms with E-state index in [-0.39, 0.29) is 11.3 Å². The fraction of sp³-hybridized carbons (Fsp3) is 0.778. The van der Waals surface area contributed by atoms with E-state index < -0.39 is 5.60 Å². The van der Waals surface area contributed by atoms with Crippen molar-refractivity contribution in [2.75, 3.05) is 26.7 Å². The van der Waals surface area contributed by atoms with Gasteiger partial charge in [0.2, 0.25) is 0 Å². The van der Waals surface area contributed by atoms with Crippen LogP contribution in [0.25, 0.3) is 0 Å². The van der Waals surface area contributed by atoms with Crippen molar-refractivity contribution in [3.05, 3.63) is 17.5 Å². The number of carbonyl (C=O) groups is 1. The van der Waals surface area contributed by atoms with Gasteiger partial charge >= 0.3 is 0 Å². The van der Waals surface area contributed by atoms with Gasteiger partial charge in [0, 0.05) is 25.6 Å². The second-order valence-corrected chi connectivity index (χ2v) is 7.90. The quantitative estimate of drug-likeness (QED) is 0.784. The van der Waals surface area contributed by atoms with Crippen LogP contribution in [0.3, 0.4) is 0 Å². The van der Waals surface area contributed by atoms with Crippen LogP contribution >= 0.6 is 0 Å². The summed E-state index contributed by atoms with van der Waals surface area (Å²) in [6, 6.07) is 0.